The molecule has 0 aliphatic heterocycles. The molecule has 1 heterocycles. The maximum absolute atomic E-state index is 12.4. The smallest absolute Gasteiger partial charge is 0.193 e. The fourth-order valence-corrected chi connectivity index (χ4v) is 2.74. The van der Waals surface area contributed by atoms with Crippen LogP contribution in [0.3, 0.4) is 0 Å². The lowest BCUT2D eigenvalue weighted by Gasteiger charge is -2.09. The number of benzene rings is 2. The van der Waals surface area contributed by atoms with E-state index in [1.807, 2.05) is 13.8 Å². The summed E-state index contributed by atoms with van der Waals surface area (Å²) in [5.41, 5.74) is 2.77. The lowest BCUT2D eigenvalue weighted by molar-refractivity contribution is 0.617. The first-order valence-corrected chi connectivity index (χ1v) is 7.61. The van der Waals surface area contributed by atoms with Crippen molar-refractivity contribution in [2.45, 2.75) is 13.8 Å². The molecule has 0 aliphatic rings. The molecule has 0 saturated heterocycles. The van der Waals surface area contributed by atoms with Crippen LogP contribution in [0.15, 0.2) is 39.5 Å². The topological polar surface area (TPSA) is 54.0 Å². The zero-order valence-electron chi connectivity index (χ0n) is 12.4. The van der Waals surface area contributed by atoms with E-state index in [4.69, 9.17) is 27.6 Å². The van der Waals surface area contributed by atoms with Crippen molar-refractivity contribution in [3.05, 3.63) is 67.3 Å². The van der Waals surface area contributed by atoms with Gasteiger partial charge in [-0.25, -0.2) is 0 Å². The number of nitriles is 1. The van der Waals surface area contributed by atoms with E-state index in [0.29, 0.717) is 37.9 Å². The summed E-state index contributed by atoms with van der Waals surface area (Å²) in [5.74, 6) is 0.348. The Kier molecular flexibility index (Phi) is 3.89. The van der Waals surface area contributed by atoms with E-state index in [2.05, 4.69) is 6.07 Å². The molecule has 0 atom stereocenters. The Morgan fingerprint density at radius 3 is 2.48 bits per heavy atom. The minimum atomic E-state index is -0.202. The highest BCUT2D eigenvalue weighted by Crippen LogP contribution is 2.31. The molecule has 0 saturated carbocycles. The molecule has 5 heteroatoms. The minimum absolute atomic E-state index is 0.202. The van der Waals surface area contributed by atoms with Gasteiger partial charge in [-0.15, -0.1) is 0 Å². The van der Waals surface area contributed by atoms with E-state index in [-0.39, 0.29) is 5.43 Å². The molecular formula is C18H11Cl2NO2. The first-order chi connectivity index (χ1) is 10.9. The van der Waals surface area contributed by atoms with Crippen molar-refractivity contribution in [3.8, 4) is 17.4 Å². The first-order valence-electron chi connectivity index (χ1n) is 6.86. The van der Waals surface area contributed by atoms with Gasteiger partial charge in [0.15, 0.2) is 11.0 Å². The molecule has 3 rings (SSSR count). The van der Waals surface area contributed by atoms with Crippen molar-refractivity contribution in [1.29, 1.82) is 5.26 Å². The summed E-state index contributed by atoms with van der Waals surface area (Å²) in [6.45, 7) is 3.70. The third-order valence-corrected chi connectivity index (χ3v) is 4.59. The van der Waals surface area contributed by atoms with Crippen LogP contribution in [-0.2, 0) is 0 Å². The van der Waals surface area contributed by atoms with Crippen LogP contribution >= 0.6 is 23.2 Å². The van der Waals surface area contributed by atoms with Gasteiger partial charge in [0.2, 0.25) is 0 Å². The molecule has 3 aromatic rings. The van der Waals surface area contributed by atoms with Crippen molar-refractivity contribution in [3.63, 3.8) is 0 Å². The zero-order chi connectivity index (χ0) is 16.7. The third kappa shape index (κ3) is 2.61. The van der Waals surface area contributed by atoms with Crippen molar-refractivity contribution in [2.24, 2.45) is 0 Å². The molecule has 0 fully saturated rings. The predicted octanol–water partition coefficient (Wildman–Crippen LogP) is 5.26. The Bertz CT molecular complexity index is 1050. The number of rotatable bonds is 1. The quantitative estimate of drug-likeness (QED) is 0.605. The summed E-state index contributed by atoms with van der Waals surface area (Å²) in [4.78, 5) is 12.4. The Labute approximate surface area is 142 Å². The molecule has 23 heavy (non-hydrogen) atoms. The van der Waals surface area contributed by atoms with Crippen LogP contribution in [-0.4, -0.2) is 0 Å². The lowest BCUT2D eigenvalue weighted by Crippen LogP contribution is -2.03. The van der Waals surface area contributed by atoms with Crippen molar-refractivity contribution in [1.82, 2.24) is 0 Å². The van der Waals surface area contributed by atoms with Gasteiger partial charge in [0.1, 0.15) is 11.8 Å². The van der Waals surface area contributed by atoms with Crippen LogP contribution in [0.25, 0.3) is 22.3 Å². The fraction of sp³-hybridized carbons (Fsp3) is 0.111. The summed E-state index contributed by atoms with van der Waals surface area (Å²) < 4.78 is 5.86. The number of halogens is 2. The zero-order valence-corrected chi connectivity index (χ0v) is 13.9. The standard InChI is InChI=1S/C18H11Cl2NO2/c1-9-5-12-16(22)7-17(11-3-4-14(19)15(20)6-11)23-18(12)13(8-21)10(9)2/h3-7H,1-2H3. The second kappa shape index (κ2) is 5.73. The molecule has 0 unspecified atom stereocenters. The largest absolute Gasteiger partial charge is 0.454 e. The van der Waals surface area contributed by atoms with Gasteiger partial charge in [-0.05, 0) is 49.2 Å². The normalized spacial score (nSPS) is 10.7. The van der Waals surface area contributed by atoms with Gasteiger partial charge in [0.25, 0.3) is 0 Å². The Morgan fingerprint density at radius 2 is 1.83 bits per heavy atom. The number of nitrogens with zero attached hydrogens (tertiary/aromatic N) is 1. The molecule has 0 amide bonds. The summed E-state index contributed by atoms with van der Waals surface area (Å²) >= 11 is 11.9. The number of aryl methyl sites for hydroxylation is 1. The molecule has 2 aromatic carbocycles. The first kappa shape index (κ1) is 15.6. The van der Waals surface area contributed by atoms with Gasteiger partial charge in [-0.3, -0.25) is 4.79 Å². The lowest BCUT2D eigenvalue weighted by atomic mass is 10.00. The van der Waals surface area contributed by atoms with Gasteiger partial charge in [-0.2, -0.15) is 5.26 Å². The van der Waals surface area contributed by atoms with Gasteiger partial charge in [0, 0.05) is 11.6 Å². The molecule has 0 aliphatic carbocycles. The SMILES string of the molecule is Cc1cc2c(=O)cc(-c3ccc(Cl)c(Cl)c3)oc2c(C#N)c1C. The van der Waals surface area contributed by atoms with Gasteiger partial charge in [-0.1, -0.05) is 23.2 Å². The van der Waals surface area contributed by atoms with Crippen molar-refractivity contribution >= 4 is 34.2 Å². The molecule has 114 valence electrons. The van der Waals surface area contributed by atoms with Crippen LogP contribution in [0.2, 0.25) is 10.0 Å². The van der Waals surface area contributed by atoms with E-state index >= 15 is 0 Å². The fourth-order valence-electron chi connectivity index (χ4n) is 2.44. The second-order valence-corrected chi connectivity index (χ2v) is 6.10. The molecule has 1 aromatic heterocycles. The Morgan fingerprint density at radius 1 is 1.09 bits per heavy atom. The Balaban J connectivity index is 2.37. The van der Waals surface area contributed by atoms with Crippen LogP contribution in [0.4, 0.5) is 0 Å². The highest BCUT2D eigenvalue weighted by Gasteiger charge is 2.15. The van der Waals surface area contributed by atoms with E-state index in [1.54, 1.807) is 24.3 Å². The minimum Gasteiger partial charge on any atom is -0.454 e. The Hall–Kier alpha value is -2.28. The second-order valence-electron chi connectivity index (χ2n) is 5.29. The summed E-state index contributed by atoms with van der Waals surface area (Å²) in [6.07, 6.45) is 0. The molecule has 0 spiro atoms. The predicted molar refractivity (Wildman–Crippen MR) is 92.1 cm³/mol. The number of hydrogen-bond donors (Lipinski definition) is 0. The van der Waals surface area contributed by atoms with E-state index in [0.717, 1.165) is 11.1 Å². The number of hydrogen-bond acceptors (Lipinski definition) is 3. The van der Waals surface area contributed by atoms with Crippen molar-refractivity contribution < 1.29 is 4.42 Å². The summed E-state index contributed by atoms with van der Waals surface area (Å²) in [6, 6.07) is 10.2. The molecule has 0 radical (unpaired) electrons. The van der Waals surface area contributed by atoms with E-state index < -0.39 is 0 Å². The van der Waals surface area contributed by atoms with E-state index in [9.17, 15) is 10.1 Å². The average Bonchev–Trinajstić information content (AvgIpc) is 2.52. The van der Waals surface area contributed by atoms with E-state index in [1.165, 1.54) is 6.07 Å². The van der Waals surface area contributed by atoms with Crippen molar-refractivity contribution in [2.75, 3.05) is 0 Å². The van der Waals surface area contributed by atoms with Crippen LogP contribution in [0.1, 0.15) is 16.7 Å². The molecular weight excluding hydrogens is 333 g/mol. The highest BCUT2D eigenvalue weighted by atomic mass is 35.5. The maximum atomic E-state index is 12.4. The van der Waals surface area contributed by atoms with Crippen LogP contribution in [0.5, 0.6) is 0 Å². The third-order valence-electron chi connectivity index (χ3n) is 3.85. The molecule has 0 bridgehead atoms. The monoisotopic (exact) mass is 343 g/mol. The van der Waals surface area contributed by atoms with Crippen LogP contribution < -0.4 is 5.43 Å². The molecule has 0 N–H and O–H groups in total. The summed E-state index contributed by atoms with van der Waals surface area (Å²) in [7, 11) is 0. The van der Waals surface area contributed by atoms with Gasteiger partial charge in [0.05, 0.1) is 21.0 Å². The van der Waals surface area contributed by atoms with Crippen LogP contribution in [0, 0.1) is 25.2 Å². The molecule has 3 nitrogen and oxygen atoms in total. The number of fused-ring (bicyclic) bond motifs is 1. The highest BCUT2D eigenvalue weighted by molar-refractivity contribution is 6.42. The van der Waals surface area contributed by atoms with Gasteiger partial charge >= 0.3 is 0 Å². The maximum Gasteiger partial charge on any atom is 0.193 e. The summed E-state index contributed by atoms with van der Waals surface area (Å²) in [5, 5.41) is 10.6. The van der Waals surface area contributed by atoms with Gasteiger partial charge < -0.3 is 4.42 Å². The average molecular weight is 344 g/mol.